The van der Waals surface area contributed by atoms with Gasteiger partial charge in [0.2, 0.25) is 0 Å². The number of ether oxygens (including phenoxy) is 1. The van der Waals surface area contributed by atoms with E-state index in [4.69, 9.17) is 4.74 Å². The van der Waals surface area contributed by atoms with Crippen LogP contribution in [0.1, 0.15) is 27.0 Å². The molecule has 0 aliphatic heterocycles. The third-order valence-electron chi connectivity index (χ3n) is 3.84. The normalized spacial score (nSPS) is 11.2. The first-order valence-corrected chi connectivity index (χ1v) is 7.93. The zero-order chi connectivity index (χ0) is 18.6. The van der Waals surface area contributed by atoms with Crippen LogP contribution < -0.4 is 4.74 Å². The summed E-state index contributed by atoms with van der Waals surface area (Å²) >= 11 is 0. The topological polar surface area (TPSA) is 26.3 Å². The van der Waals surface area contributed by atoms with Crippen molar-refractivity contribution in [2.75, 3.05) is 0 Å². The largest absolute Gasteiger partial charge is 0.489 e. The van der Waals surface area contributed by atoms with Gasteiger partial charge in [-0.1, -0.05) is 48.5 Å². The summed E-state index contributed by atoms with van der Waals surface area (Å²) in [6, 6.07) is 20.4. The average Bonchev–Trinajstić information content (AvgIpc) is 2.66. The fourth-order valence-corrected chi connectivity index (χ4v) is 2.53. The number of hydrogen-bond acceptors (Lipinski definition) is 2. The summed E-state index contributed by atoms with van der Waals surface area (Å²) in [5.74, 6) is -0.137. The third kappa shape index (κ3) is 4.11. The Hall–Kier alpha value is -3.08. The zero-order valence-electron chi connectivity index (χ0n) is 13.7. The molecule has 0 aliphatic carbocycles. The monoisotopic (exact) mass is 356 g/mol. The summed E-state index contributed by atoms with van der Waals surface area (Å²) in [7, 11) is 0. The minimum atomic E-state index is -4.58. The summed E-state index contributed by atoms with van der Waals surface area (Å²) in [6.07, 6.45) is -4.58. The van der Waals surface area contributed by atoms with E-state index in [0.717, 1.165) is 11.6 Å². The lowest BCUT2D eigenvalue weighted by Gasteiger charge is -2.12. The van der Waals surface area contributed by atoms with Gasteiger partial charge in [0.25, 0.3) is 0 Å². The fraction of sp³-hybridized carbons (Fsp3) is 0.0952. The molecule has 3 rings (SSSR count). The van der Waals surface area contributed by atoms with Crippen LogP contribution in [0.25, 0.3) is 0 Å². The molecule has 132 valence electrons. The van der Waals surface area contributed by atoms with Crippen molar-refractivity contribution in [1.29, 1.82) is 0 Å². The first kappa shape index (κ1) is 17.7. The third-order valence-corrected chi connectivity index (χ3v) is 3.84. The Balaban J connectivity index is 1.76. The number of carbonyl (C=O) groups is 1. The van der Waals surface area contributed by atoms with Crippen LogP contribution in [0, 0.1) is 0 Å². The molecule has 0 atom stereocenters. The molecule has 3 aromatic rings. The van der Waals surface area contributed by atoms with E-state index >= 15 is 0 Å². The predicted molar refractivity (Wildman–Crippen MR) is 92.1 cm³/mol. The van der Waals surface area contributed by atoms with Crippen LogP contribution in [-0.4, -0.2) is 5.78 Å². The van der Waals surface area contributed by atoms with E-state index in [1.165, 1.54) is 30.3 Å². The molecule has 0 unspecified atom stereocenters. The Morgan fingerprint density at radius 3 is 2.08 bits per heavy atom. The number of ketones is 1. The van der Waals surface area contributed by atoms with Crippen molar-refractivity contribution >= 4 is 5.78 Å². The summed E-state index contributed by atoms with van der Waals surface area (Å²) in [4.78, 5) is 12.5. The maximum absolute atomic E-state index is 13.1. The highest BCUT2D eigenvalue weighted by Gasteiger charge is 2.34. The summed E-state index contributed by atoms with van der Waals surface area (Å²) in [6.45, 7) is 0.366. The highest BCUT2D eigenvalue weighted by atomic mass is 19.4. The van der Waals surface area contributed by atoms with E-state index in [1.807, 2.05) is 30.3 Å². The Labute approximate surface area is 148 Å². The van der Waals surface area contributed by atoms with Gasteiger partial charge in [0, 0.05) is 11.1 Å². The second kappa shape index (κ2) is 7.44. The van der Waals surface area contributed by atoms with Gasteiger partial charge in [-0.25, -0.2) is 0 Å². The molecule has 0 aliphatic rings. The Morgan fingerprint density at radius 1 is 0.808 bits per heavy atom. The van der Waals surface area contributed by atoms with E-state index in [-0.39, 0.29) is 11.1 Å². The van der Waals surface area contributed by atoms with Gasteiger partial charge in [0.1, 0.15) is 12.4 Å². The van der Waals surface area contributed by atoms with Crippen molar-refractivity contribution in [2.24, 2.45) is 0 Å². The fourth-order valence-electron chi connectivity index (χ4n) is 2.53. The molecule has 0 bridgehead atoms. The molecule has 0 N–H and O–H groups in total. The molecule has 26 heavy (non-hydrogen) atoms. The van der Waals surface area contributed by atoms with Gasteiger partial charge in [-0.05, 0) is 35.9 Å². The van der Waals surface area contributed by atoms with Crippen LogP contribution in [0.15, 0.2) is 78.9 Å². The number of benzene rings is 3. The maximum Gasteiger partial charge on any atom is 0.417 e. The number of carbonyl (C=O) groups excluding carboxylic acids is 1. The number of alkyl halides is 3. The minimum absolute atomic E-state index is 0.175. The van der Waals surface area contributed by atoms with Gasteiger partial charge in [-0.15, -0.1) is 0 Å². The lowest BCUT2D eigenvalue weighted by Crippen LogP contribution is -2.13. The first-order valence-electron chi connectivity index (χ1n) is 7.93. The van der Waals surface area contributed by atoms with Crippen molar-refractivity contribution < 1.29 is 22.7 Å². The van der Waals surface area contributed by atoms with Crippen molar-refractivity contribution in [3.63, 3.8) is 0 Å². The number of rotatable bonds is 5. The van der Waals surface area contributed by atoms with Crippen molar-refractivity contribution in [1.82, 2.24) is 0 Å². The molecule has 0 spiro atoms. The average molecular weight is 356 g/mol. The van der Waals surface area contributed by atoms with E-state index in [2.05, 4.69) is 0 Å². The van der Waals surface area contributed by atoms with E-state index in [9.17, 15) is 18.0 Å². The molecule has 5 heteroatoms. The van der Waals surface area contributed by atoms with Crippen LogP contribution >= 0.6 is 0 Å². The molecule has 0 aromatic heterocycles. The lowest BCUT2D eigenvalue weighted by atomic mass is 9.98. The second-order valence-corrected chi connectivity index (χ2v) is 5.67. The zero-order valence-corrected chi connectivity index (χ0v) is 13.7. The maximum atomic E-state index is 13.1. The van der Waals surface area contributed by atoms with E-state index < -0.39 is 17.5 Å². The molecule has 3 aromatic carbocycles. The van der Waals surface area contributed by atoms with Gasteiger partial charge in [-0.2, -0.15) is 13.2 Å². The molecule has 0 radical (unpaired) electrons. The van der Waals surface area contributed by atoms with Crippen LogP contribution in [-0.2, 0) is 12.8 Å². The molecule has 0 saturated carbocycles. The highest BCUT2D eigenvalue weighted by molar-refractivity contribution is 6.10. The molecule has 0 heterocycles. The van der Waals surface area contributed by atoms with Gasteiger partial charge in [-0.3, -0.25) is 4.79 Å². The van der Waals surface area contributed by atoms with Crippen LogP contribution in [0.4, 0.5) is 13.2 Å². The van der Waals surface area contributed by atoms with Crippen LogP contribution in [0.2, 0.25) is 0 Å². The SMILES string of the molecule is O=C(c1ccc(OCc2ccccc2)cc1)c1ccccc1C(F)(F)F. The molecular weight excluding hydrogens is 341 g/mol. The van der Waals surface area contributed by atoms with E-state index in [1.54, 1.807) is 12.1 Å². The lowest BCUT2D eigenvalue weighted by molar-refractivity contribution is -0.137. The minimum Gasteiger partial charge on any atom is -0.489 e. The molecule has 0 amide bonds. The molecule has 0 saturated heterocycles. The predicted octanol–water partition coefficient (Wildman–Crippen LogP) is 5.52. The molecular formula is C21H15F3O2. The van der Waals surface area contributed by atoms with Crippen molar-refractivity contribution in [3.05, 3.63) is 101 Å². The number of halogens is 3. The van der Waals surface area contributed by atoms with Crippen LogP contribution in [0.3, 0.4) is 0 Å². The Morgan fingerprint density at radius 2 is 1.42 bits per heavy atom. The smallest absolute Gasteiger partial charge is 0.417 e. The molecule has 2 nitrogen and oxygen atoms in total. The Kier molecular flexibility index (Phi) is 5.07. The standard InChI is InChI=1S/C21H15F3O2/c22-21(23,24)19-9-5-4-8-18(19)20(25)16-10-12-17(13-11-16)26-14-15-6-2-1-3-7-15/h1-13H,14H2. The van der Waals surface area contributed by atoms with E-state index in [0.29, 0.717) is 12.4 Å². The second-order valence-electron chi connectivity index (χ2n) is 5.67. The Bertz CT molecular complexity index is 885. The van der Waals surface area contributed by atoms with Crippen molar-refractivity contribution in [3.8, 4) is 5.75 Å². The van der Waals surface area contributed by atoms with Gasteiger partial charge in [0.15, 0.2) is 5.78 Å². The van der Waals surface area contributed by atoms with Gasteiger partial charge < -0.3 is 4.74 Å². The van der Waals surface area contributed by atoms with Gasteiger partial charge >= 0.3 is 6.18 Å². The van der Waals surface area contributed by atoms with Crippen molar-refractivity contribution in [2.45, 2.75) is 12.8 Å². The summed E-state index contributed by atoms with van der Waals surface area (Å²) in [5, 5.41) is 0. The molecule has 0 fully saturated rings. The summed E-state index contributed by atoms with van der Waals surface area (Å²) in [5.41, 5.74) is -0.132. The summed E-state index contributed by atoms with van der Waals surface area (Å²) < 4.78 is 44.9. The van der Waals surface area contributed by atoms with Gasteiger partial charge in [0.05, 0.1) is 5.56 Å². The number of hydrogen-bond donors (Lipinski definition) is 0. The van der Waals surface area contributed by atoms with Crippen LogP contribution in [0.5, 0.6) is 5.75 Å². The first-order chi connectivity index (χ1) is 12.4. The quantitative estimate of drug-likeness (QED) is 0.563. The highest BCUT2D eigenvalue weighted by Crippen LogP contribution is 2.33.